The van der Waals surface area contributed by atoms with Crippen LogP contribution in [0.1, 0.15) is 30.3 Å². The van der Waals surface area contributed by atoms with Gasteiger partial charge in [0, 0.05) is 25.8 Å². The third-order valence-electron chi connectivity index (χ3n) is 3.30. The number of aryl methyl sites for hydroxylation is 1. The molecule has 1 aromatic rings. The van der Waals surface area contributed by atoms with E-state index in [9.17, 15) is 9.59 Å². The Balaban J connectivity index is 2.13. The van der Waals surface area contributed by atoms with Gasteiger partial charge in [-0.05, 0) is 25.0 Å². The number of aromatic nitrogens is 1. The van der Waals surface area contributed by atoms with Gasteiger partial charge in [0.05, 0.1) is 5.92 Å². The second kappa shape index (κ2) is 4.84. The zero-order valence-electron chi connectivity index (χ0n) is 10.7. The maximum atomic E-state index is 12.4. The molecule has 0 spiro atoms. The van der Waals surface area contributed by atoms with Crippen molar-refractivity contribution in [3.63, 3.8) is 0 Å². The second-order valence-electron chi connectivity index (χ2n) is 4.93. The van der Waals surface area contributed by atoms with E-state index in [1.807, 2.05) is 19.3 Å². The molecule has 0 unspecified atom stereocenters. The first-order valence-electron chi connectivity index (χ1n) is 6.16. The van der Waals surface area contributed by atoms with Crippen LogP contribution in [-0.4, -0.2) is 39.0 Å². The molecule has 0 aromatic carbocycles. The second-order valence-corrected chi connectivity index (χ2v) is 4.93. The van der Waals surface area contributed by atoms with Gasteiger partial charge in [-0.3, -0.25) is 9.59 Å². The Morgan fingerprint density at radius 3 is 2.67 bits per heavy atom. The number of nitrogens with zero attached hydrogens (tertiary/aromatic N) is 2. The van der Waals surface area contributed by atoms with E-state index < -0.39 is 11.9 Å². The summed E-state index contributed by atoms with van der Waals surface area (Å²) in [6, 6.07) is 3.80. The van der Waals surface area contributed by atoms with Crippen molar-refractivity contribution in [1.29, 1.82) is 0 Å². The fraction of sp³-hybridized carbons (Fsp3) is 0.538. The quantitative estimate of drug-likeness (QED) is 0.858. The molecule has 0 aliphatic heterocycles. The van der Waals surface area contributed by atoms with Crippen molar-refractivity contribution >= 4 is 11.9 Å². The van der Waals surface area contributed by atoms with Gasteiger partial charge in [0.15, 0.2) is 0 Å². The van der Waals surface area contributed by atoms with Crippen LogP contribution >= 0.6 is 0 Å². The predicted octanol–water partition coefficient (Wildman–Crippen LogP) is 1.35. The molecule has 1 heterocycles. The maximum Gasteiger partial charge on any atom is 0.308 e. The predicted molar refractivity (Wildman–Crippen MR) is 66.3 cm³/mol. The van der Waals surface area contributed by atoms with Crippen LogP contribution in [0.15, 0.2) is 18.3 Å². The molecule has 0 saturated heterocycles. The van der Waals surface area contributed by atoms with Crippen LogP contribution in [0.5, 0.6) is 0 Å². The summed E-state index contributed by atoms with van der Waals surface area (Å²) in [6.07, 6.45) is 3.77. The lowest BCUT2D eigenvalue weighted by Gasteiger charge is -2.24. The molecule has 1 aliphatic carbocycles. The molecule has 1 amide bonds. The van der Waals surface area contributed by atoms with E-state index in [0.717, 1.165) is 12.8 Å². The number of carbonyl (C=O) groups is 2. The molecule has 18 heavy (non-hydrogen) atoms. The van der Waals surface area contributed by atoms with E-state index in [1.54, 1.807) is 22.5 Å². The third-order valence-corrected chi connectivity index (χ3v) is 3.30. The molecular weight excluding hydrogens is 232 g/mol. The summed E-state index contributed by atoms with van der Waals surface area (Å²) in [5.41, 5.74) is 0.611. The van der Waals surface area contributed by atoms with E-state index in [0.29, 0.717) is 5.69 Å². The molecule has 1 aliphatic rings. The van der Waals surface area contributed by atoms with Gasteiger partial charge < -0.3 is 14.6 Å². The lowest BCUT2D eigenvalue weighted by molar-refractivity contribution is -0.141. The van der Waals surface area contributed by atoms with Gasteiger partial charge in [-0.2, -0.15) is 0 Å². The standard InChI is InChI=1S/C13H18N2O3/c1-9(13(17)18)8-15(10-5-6-10)12(16)11-4-3-7-14(11)2/h3-4,7,9-10H,5-6,8H2,1-2H3,(H,17,18)/t9-/m1/s1. The first-order valence-corrected chi connectivity index (χ1v) is 6.16. The maximum absolute atomic E-state index is 12.4. The van der Waals surface area contributed by atoms with Gasteiger partial charge in [-0.1, -0.05) is 6.92 Å². The summed E-state index contributed by atoms with van der Waals surface area (Å²) >= 11 is 0. The van der Waals surface area contributed by atoms with Gasteiger partial charge in [-0.15, -0.1) is 0 Å². The Morgan fingerprint density at radius 2 is 2.22 bits per heavy atom. The lowest BCUT2D eigenvalue weighted by Crippen LogP contribution is -2.39. The number of aliphatic carboxylic acids is 1. The van der Waals surface area contributed by atoms with Crippen LogP contribution in [0, 0.1) is 5.92 Å². The lowest BCUT2D eigenvalue weighted by atomic mass is 10.1. The topological polar surface area (TPSA) is 62.5 Å². The first-order chi connectivity index (χ1) is 8.50. The van der Waals surface area contributed by atoms with Crippen LogP contribution in [0.4, 0.5) is 0 Å². The SMILES string of the molecule is C[C@H](CN(C(=O)c1cccn1C)C1CC1)C(=O)O. The Kier molecular flexibility index (Phi) is 3.41. The summed E-state index contributed by atoms with van der Waals surface area (Å²) in [5, 5.41) is 8.96. The van der Waals surface area contributed by atoms with E-state index in [1.165, 1.54) is 0 Å². The zero-order chi connectivity index (χ0) is 13.3. The molecule has 0 bridgehead atoms. The highest BCUT2D eigenvalue weighted by Gasteiger charge is 2.35. The minimum atomic E-state index is -0.861. The summed E-state index contributed by atoms with van der Waals surface area (Å²) in [5.74, 6) is -1.46. The molecule has 1 atom stereocenters. The van der Waals surface area contributed by atoms with Gasteiger partial charge in [0.2, 0.25) is 0 Å². The highest BCUT2D eigenvalue weighted by atomic mass is 16.4. The van der Waals surface area contributed by atoms with E-state index >= 15 is 0 Å². The number of carboxylic acids is 1. The van der Waals surface area contributed by atoms with Crippen LogP contribution < -0.4 is 0 Å². The normalized spacial score (nSPS) is 16.3. The van der Waals surface area contributed by atoms with Crippen molar-refractivity contribution in [2.45, 2.75) is 25.8 Å². The molecular formula is C13H18N2O3. The summed E-state index contributed by atoms with van der Waals surface area (Å²) in [6.45, 7) is 1.92. The minimum Gasteiger partial charge on any atom is -0.481 e. The van der Waals surface area contributed by atoms with Gasteiger partial charge in [0.1, 0.15) is 5.69 Å². The molecule has 1 saturated carbocycles. The van der Waals surface area contributed by atoms with Crippen LogP contribution in [0.3, 0.4) is 0 Å². The fourth-order valence-corrected chi connectivity index (χ4v) is 1.99. The molecule has 1 fully saturated rings. The van der Waals surface area contributed by atoms with Crippen molar-refractivity contribution in [2.75, 3.05) is 6.54 Å². The monoisotopic (exact) mass is 250 g/mol. The molecule has 5 nitrogen and oxygen atoms in total. The Hall–Kier alpha value is -1.78. The Bertz CT molecular complexity index is 463. The summed E-state index contributed by atoms with van der Waals surface area (Å²) in [4.78, 5) is 25.0. The van der Waals surface area contributed by atoms with Crippen molar-refractivity contribution in [1.82, 2.24) is 9.47 Å². The highest BCUT2D eigenvalue weighted by molar-refractivity contribution is 5.93. The number of rotatable bonds is 5. The van der Waals surface area contributed by atoms with E-state index in [-0.39, 0.29) is 18.5 Å². The van der Waals surface area contributed by atoms with Gasteiger partial charge in [0.25, 0.3) is 5.91 Å². The van der Waals surface area contributed by atoms with Crippen LogP contribution in [0.2, 0.25) is 0 Å². The highest BCUT2D eigenvalue weighted by Crippen LogP contribution is 2.29. The van der Waals surface area contributed by atoms with Gasteiger partial charge in [-0.25, -0.2) is 0 Å². The number of amides is 1. The van der Waals surface area contributed by atoms with Crippen molar-refractivity contribution in [3.05, 3.63) is 24.0 Å². The Morgan fingerprint density at radius 1 is 1.56 bits per heavy atom. The summed E-state index contributed by atoms with van der Waals surface area (Å²) in [7, 11) is 1.82. The average molecular weight is 250 g/mol. The number of hydrogen-bond donors (Lipinski definition) is 1. The largest absolute Gasteiger partial charge is 0.481 e. The minimum absolute atomic E-state index is 0.0712. The van der Waals surface area contributed by atoms with Crippen molar-refractivity contribution in [2.24, 2.45) is 13.0 Å². The number of hydrogen-bond acceptors (Lipinski definition) is 2. The first kappa shape index (κ1) is 12.7. The summed E-state index contributed by atoms with van der Waals surface area (Å²) < 4.78 is 1.77. The molecule has 0 radical (unpaired) electrons. The molecule has 2 rings (SSSR count). The smallest absolute Gasteiger partial charge is 0.308 e. The van der Waals surface area contributed by atoms with Crippen LogP contribution in [0.25, 0.3) is 0 Å². The zero-order valence-corrected chi connectivity index (χ0v) is 10.7. The average Bonchev–Trinajstić information content (AvgIpc) is 3.07. The molecule has 1 N–H and O–H groups in total. The number of carboxylic acid groups (broad SMARTS) is 1. The van der Waals surface area contributed by atoms with E-state index in [4.69, 9.17) is 5.11 Å². The number of carbonyl (C=O) groups excluding carboxylic acids is 1. The van der Waals surface area contributed by atoms with E-state index in [2.05, 4.69) is 0 Å². The molecule has 98 valence electrons. The fourth-order valence-electron chi connectivity index (χ4n) is 1.99. The molecule has 1 aromatic heterocycles. The van der Waals surface area contributed by atoms with Crippen LogP contribution in [-0.2, 0) is 11.8 Å². The Labute approximate surface area is 106 Å². The third kappa shape index (κ3) is 2.55. The molecule has 5 heteroatoms. The van der Waals surface area contributed by atoms with Gasteiger partial charge >= 0.3 is 5.97 Å². The van der Waals surface area contributed by atoms with Crippen molar-refractivity contribution < 1.29 is 14.7 Å². The van der Waals surface area contributed by atoms with Crippen molar-refractivity contribution in [3.8, 4) is 0 Å².